The van der Waals surface area contributed by atoms with Gasteiger partial charge in [-0.1, -0.05) is 13.3 Å². The summed E-state index contributed by atoms with van der Waals surface area (Å²) in [6.45, 7) is 3.08. The number of halogens is 1. The number of carbonyl (C=O) groups is 1. The van der Waals surface area contributed by atoms with Crippen molar-refractivity contribution in [3.8, 4) is 5.75 Å². The summed E-state index contributed by atoms with van der Waals surface area (Å²) in [4.78, 5) is 14.0. The molecule has 1 rings (SSSR count). The molecule has 106 valence electrons. The van der Waals surface area contributed by atoms with Gasteiger partial charge in [0.05, 0.1) is 18.2 Å². The van der Waals surface area contributed by atoms with E-state index in [0.717, 1.165) is 17.3 Å². The molecular weight excluding hydrogens is 310 g/mol. The summed E-state index contributed by atoms with van der Waals surface area (Å²) in [7, 11) is 1.58. The van der Waals surface area contributed by atoms with Crippen LogP contribution in [0.25, 0.3) is 0 Å². The zero-order chi connectivity index (χ0) is 14.3. The summed E-state index contributed by atoms with van der Waals surface area (Å²) < 4.78 is 5.89. The summed E-state index contributed by atoms with van der Waals surface area (Å²) in [5.41, 5.74) is 0.595. The maximum absolute atomic E-state index is 12.3. The maximum Gasteiger partial charge on any atom is 0.253 e. The van der Waals surface area contributed by atoms with Gasteiger partial charge in [-0.15, -0.1) is 0 Å². The number of nitrogens with zero attached hydrogens (tertiary/aromatic N) is 1. The predicted molar refractivity (Wildman–Crippen MR) is 78.6 cm³/mol. The van der Waals surface area contributed by atoms with E-state index in [9.17, 15) is 4.79 Å². The molecule has 0 unspecified atom stereocenters. The molecule has 0 aliphatic heterocycles. The second-order valence-electron chi connectivity index (χ2n) is 4.22. The summed E-state index contributed by atoms with van der Waals surface area (Å²) in [6, 6.07) is 5.24. The van der Waals surface area contributed by atoms with E-state index in [2.05, 4.69) is 22.9 Å². The van der Waals surface area contributed by atoms with Crippen molar-refractivity contribution in [2.75, 3.05) is 26.8 Å². The third-order valence-electron chi connectivity index (χ3n) is 2.84. The van der Waals surface area contributed by atoms with Gasteiger partial charge in [0, 0.05) is 18.7 Å². The average Bonchev–Trinajstić information content (AvgIpc) is 2.42. The largest absolute Gasteiger partial charge is 0.496 e. The Bertz CT molecular complexity index is 423. The molecule has 0 aliphatic carbocycles. The first-order chi connectivity index (χ1) is 9.13. The van der Waals surface area contributed by atoms with Crippen molar-refractivity contribution >= 4 is 21.8 Å². The lowest BCUT2D eigenvalue weighted by atomic mass is 10.2. The Labute approximate surface area is 122 Å². The standard InChI is InChI=1S/C14H20BrNO3/c1-3-4-7-16(8-9-17)14(18)11-5-6-13(19-2)12(15)10-11/h5-6,10,17H,3-4,7-9H2,1-2H3. The highest BCUT2D eigenvalue weighted by Gasteiger charge is 2.16. The highest BCUT2D eigenvalue weighted by atomic mass is 79.9. The van der Waals surface area contributed by atoms with E-state index in [-0.39, 0.29) is 12.5 Å². The van der Waals surface area contributed by atoms with Gasteiger partial charge in [0.25, 0.3) is 5.91 Å². The van der Waals surface area contributed by atoms with Gasteiger partial charge in [0.2, 0.25) is 0 Å². The van der Waals surface area contributed by atoms with Gasteiger partial charge in [-0.2, -0.15) is 0 Å². The molecule has 0 aliphatic rings. The van der Waals surface area contributed by atoms with Crippen molar-refractivity contribution in [3.05, 3.63) is 28.2 Å². The lowest BCUT2D eigenvalue weighted by molar-refractivity contribution is 0.0719. The molecule has 0 atom stereocenters. The number of carbonyl (C=O) groups excluding carboxylic acids is 1. The Morgan fingerprint density at radius 2 is 2.16 bits per heavy atom. The minimum atomic E-state index is -0.0640. The number of hydrogen-bond donors (Lipinski definition) is 1. The van der Waals surface area contributed by atoms with Crippen LogP contribution in [0.1, 0.15) is 30.1 Å². The SMILES string of the molecule is CCCCN(CCO)C(=O)c1ccc(OC)c(Br)c1. The number of ether oxygens (including phenoxy) is 1. The number of rotatable bonds is 7. The third kappa shape index (κ3) is 4.51. The normalized spacial score (nSPS) is 10.3. The lowest BCUT2D eigenvalue weighted by Gasteiger charge is -2.21. The van der Waals surface area contributed by atoms with Crippen molar-refractivity contribution in [1.29, 1.82) is 0 Å². The lowest BCUT2D eigenvalue weighted by Crippen LogP contribution is -2.34. The van der Waals surface area contributed by atoms with Gasteiger partial charge in [0.1, 0.15) is 5.75 Å². The van der Waals surface area contributed by atoms with Crippen LogP contribution in [-0.4, -0.2) is 42.7 Å². The van der Waals surface area contributed by atoms with Crippen molar-refractivity contribution < 1.29 is 14.6 Å². The molecule has 19 heavy (non-hydrogen) atoms. The molecule has 0 heterocycles. The van der Waals surface area contributed by atoms with Crippen molar-refractivity contribution in [1.82, 2.24) is 4.90 Å². The molecule has 0 spiro atoms. The summed E-state index contributed by atoms with van der Waals surface area (Å²) in [6.07, 6.45) is 1.95. The number of aliphatic hydroxyl groups excluding tert-OH is 1. The van der Waals surface area contributed by atoms with Gasteiger partial charge in [-0.05, 0) is 40.5 Å². The molecule has 5 heteroatoms. The number of unbranched alkanes of at least 4 members (excludes halogenated alkanes) is 1. The zero-order valence-electron chi connectivity index (χ0n) is 11.4. The van der Waals surface area contributed by atoms with Crippen LogP contribution in [-0.2, 0) is 0 Å². The molecule has 1 amide bonds. The zero-order valence-corrected chi connectivity index (χ0v) is 12.9. The molecule has 1 aromatic carbocycles. The van der Waals surface area contributed by atoms with Crippen LogP contribution in [0.3, 0.4) is 0 Å². The summed E-state index contributed by atoms with van der Waals surface area (Å²) in [5, 5.41) is 9.05. The van der Waals surface area contributed by atoms with E-state index >= 15 is 0 Å². The molecule has 1 aromatic rings. The fourth-order valence-corrected chi connectivity index (χ4v) is 2.31. The fraction of sp³-hybridized carbons (Fsp3) is 0.500. The number of benzene rings is 1. The van der Waals surface area contributed by atoms with Gasteiger partial charge >= 0.3 is 0 Å². The molecule has 0 saturated heterocycles. The first-order valence-electron chi connectivity index (χ1n) is 6.37. The van der Waals surface area contributed by atoms with Gasteiger partial charge in [-0.25, -0.2) is 0 Å². The number of aliphatic hydroxyl groups is 1. The van der Waals surface area contributed by atoms with Crippen LogP contribution in [0.5, 0.6) is 5.75 Å². The molecule has 0 aromatic heterocycles. The number of methoxy groups -OCH3 is 1. The minimum absolute atomic E-state index is 0.0211. The molecule has 0 fully saturated rings. The van der Waals surface area contributed by atoms with Crippen LogP contribution in [0.15, 0.2) is 22.7 Å². The van der Waals surface area contributed by atoms with E-state index in [0.29, 0.717) is 24.4 Å². The van der Waals surface area contributed by atoms with Gasteiger partial charge in [0.15, 0.2) is 0 Å². The number of amides is 1. The van der Waals surface area contributed by atoms with Crippen molar-refractivity contribution in [3.63, 3.8) is 0 Å². The third-order valence-corrected chi connectivity index (χ3v) is 3.46. The first-order valence-corrected chi connectivity index (χ1v) is 7.17. The van der Waals surface area contributed by atoms with Crippen LogP contribution in [0, 0.1) is 0 Å². The topological polar surface area (TPSA) is 49.8 Å². The monoisotopic (exact) mass is 329 g/mol. The smallest absolute Gasteiger partial charge is 0.253 e. The number of hydrogen-bond acceptors (Lipinski definition) is 3. The highest BCUT2D eigenvalue weighted by molar-refractivity contribution is 9.10. The van der Waals surface area contributed by atoms with Crippen molar-refractivity contribution in [2.24, 2.45) is 0 Å². The molecular formula is C14H20BrNO3. The van der Waals surface area contributed by atoms with Crippen molar-refractivity contribution in [2.45, 2.75) is 19.8 Å². The molecule has 4 nitrogen and oxygen atoms in total. The molecule has 1 N–H and O–H groups in total. The average molecular weight is 330 g/mol. The molecule has 0 bridgehead atoms. The molecule has 0 saturated carbocycles. The van der Waals surface area contributed by atoms with Gasteiger partial charge < -0.3 is 14.7 Å². The minimum Gasteiger partial charge on any atom is -0.496 e. The Balaban J connectivity index is 2.86. The quantitative estimate of drug-likeness (QED) is 0.836. The maximum atomic E-state index is 12.3. The second-order valence-corrected chi connectivity index (χ2v) is 5.07. The Morgan fingerprint density at radius 1 is 1.42 bits per heavy atom. The van der Waals surface area contributed by atoms with E-state index in [1.54, 1.807) is 30.2 Å². The van der Waals surface area contributed by atoms with Crippen LogP contribution >= 0.6 is 15.9 Å². The second kappa shape index (κ2) is 8.17. The van der Waals surface area contributed by atoms with Gasteiger partial charge in [-0.3, -0.25) is 4.79 Å². The van der Waals surface area contributed by atoms with Crippen LogP contribution < -0.4 is 4.74 Å². The van der Waals surface area contributed by atoms with E-state index in [1.165, 1.54) is 0 Å². The van der Waals surface area contributed by atoms with E-state index in [4.69, 9.17) is 9.84 Å². The van der Waals surface area contributed by atoms with E-state index in [1.807, 2.05) is 0 Å². The van der Waals surface area contributed by atoms with Crippen LogP contribution in [0.2, 0.25) is 0 Å². The Morgan fingerprint density at radius 3 is 2.68 bits per heavy atom. The molecule has 0 radical (unpaired) electrons. The highest BCUT2D eigenvalue weighted by Crippen LogP contribution is 2.26. The predicted octanol–water partition coefficient (Wildman–Crippen LogP) is 2.69. The Hall–Kier alpha value is -1.07. The summed E-state index contributed by atoms with van der Waals surface area (Å²) >= 11 is 3.37. The first kappa shape index (κ1) is 16.0. The van der Waals surface area contributed by atoms with E-state index < -0.39 is 0 Å². The Kier molecular flexibility index (Phi) is 6.87. The van der Waals surface area contributed by atoms with Crippen LogP contribution in [0.4, 0.5) is 0 Å². The fourth-order valence-electron chi connectivity index (χ4n) is 1.77. The summed E-state index contributed by atoms with van der Waals surface area (Å²) in [5.74, 6) is 0.629.